The third-order valence-corrected chi connectivity index (χ3v) is 5.03. The second-order valence-corrected chi connectivity index (χ2v) is 7.25. The number of carbonyl (C=O) groups excluding carboxylic acids is 1. The first-order valence-corrected chi connectivity index (χ1v) is 9.30. The van der Waals surface area contributed by atoms with Gasteiger partial charge in [-0.3, -0.25) is 14.2 Å². The first-order chi connectivity index (χ1) is 13.4. The maximum Gasteiger partial charge on any atom is 0.297 e. The Morgan fingerprint density at radius 3 is 2.82 bits per heavy atom. The summed E-state index contributed by atoms with van der Waals surface area (Å²) in [4.78, 5) is 29.4. The van der Waals surface area contributed by atoms with Crippen LogP contribution >= 0.6 is 23.2 Å². The molecular weight excluding hydrogens is 401 g/mol. The van der Waals surface area contributed by atoms with Crippen molar-refractivity contribution in [3.05, 3.63) is 74.8 Å². The topological polar surface area (TPSA) is 77.1 Å². The van der Waals surface area contributed by atoms with Crippen LogP contribution in [-0.4, -0.2) is 15.5 Å². The van der Waals surface area contributed by atoms with Gasteiger partial charge >= 0.3 is 0 Å². The van der Waals surface area contributed by atoms with E-state index in [1.807, 2.05) is 18.2 Å². The van der Waals surface area contributed by atoms with E-state index < -0.39 is 5.56 Å². The van der Waals surface area contributed by atoms with Gasteiger partial charge in [0.05, 0.1) is 12.4 Å². The zero-order valence-corrected chi connectivity index (χ0v) is 16.3. The van der Waals surface area contributed by atoms with Crippen LogP contribution in [0.1, 0.15) is 18.5 Å². The van der Waals surface area contributed by atoms with Gasteiger partial charge in [-0.15, -0.1) is 0 Å². The summed E-state index contributed by atoms with van der Waals surface area (Å²) in [6.45, 7) is 1.62. The number of halogens is 2. The molecule has 0 bridgehead atoms. The van der Waals surface area contributed by atoms with Crippen molar-refractivity contribution in [1.29, 1.82) is 0 Å². The van der Waals surface area contributed by atoms with Gasteiger partial charge in [-0.2, -0.15) is 0 Å². The molecule has 4 rings (SSSR count). The van der Waals surface area contributed by atoms with Gasteiger partial charge in [0.15, 0.2) is 0 Å². The van der Waals surface area contributed by atoms with Gasteiger partial charge in [-0.05, 0) is 36.8 Å². The molecule has 8 heteroatoms. The maximum atomic E-state index is 12.7. The van der Waals surface area contributed by atoms with Crippen molar-refractivity contribution in [2.75, 3.05) is 0 Å². The molecule has 0 saturated carbocycles. The Morgan fingerprint density at radius 1 is 1.25 bits per heavy atom. The molecule has 0 unspecified atom stereocenters. The molecule has 1 atom stereocenters. The first-order valence-electron chi connectivity index (χ1n) is 8.55. The summed E-state index contributed by atoms with van der Waals surface area (Å²) in [7, 11) is 0. The molecule has 0 saturated heterocycles. The fourth-order valence-corrected chi connectivity index (χ4v) is 3.67. The Morgan fingerprint density at radius 2 is 2.04 bits per heavy atom. The van der Waals surface area contributed by atoms with Crippen molar-refractivity contribution in [2.45, 2.75) is 19.5 Å². The number of fused-ring (bicyclic) bond motifs is 3. The number of amides is 1. The number of para-hydroxylation sites is 1. The minimum atomic E-state index is -0.409. The SMILES string of the molecule is C[C@@H](NC(=O)Cn1cnc2c(oc3ccccc32)c1=O)c1ccc(Cl)cc1Cl. The number of furan rings is 1. The average molecular weight is 416 g/mol. The molecule has 0 aliphatic carbocycles. The summed E-state index contributed by atoms with van der Waals surface area (Å²) in [5.41, 5.74) is 1.52. The summed E-state index contributed by atoms with van der Waals surface area (Å²) in [6, 6.07) is 12.0. The van der Waals surface area contributed by atoms with Crippen LogP contribution in [0.2, 0.25) is 10.0 Å². The fraction of sp³-hybridized carbons (Fsp3) is 0.150. The molecule has 2 aromatic carbocycles. The third kappa shape index (κ3) is 3.37. The Labute approximate surface area is 169 Å². The smallest absolute Gasteiger partial charge is 0.297 e. The van der Waals surface area contributed by atoms with E-state index in [9.17, 15) is 9.59 Å². The van der Waals surface area contributed by atoms with Gasteiger partial charge in [0.1, 0.15) is 17.6 Å². The standard InChI is InChI=1S/C20H15Cl2N3O3/c1-11(13-7-6-12(21)8-15(13)22)24-17(26)9-25-10-23-18-14-4-2-3-5-16(14)28-19(18)20(25)27/h2-8,10-11H,9H2,1H3,(H,24,26)/t11-/m1/s1. The zero-order valence-electron chi connectivity index (χ0n) is 14.8. The highest BCUT2D eigenvalue weighted by Gasteiger charge is 2.17. The Hall–Kier alpha value is -2.83. The van der Waals surface area contributed by atoms with Crippen LogP contribution < -0.4 is 10.9 Å². The van der Waals surface area contributed by atoms with Crippen molar-refractivity contribution in [3.8, 4) is 0 Å². The predicted molar refractivity (Wildman–Crippen MR) is 109 cm³/mol. The summed E-state index contributed by atoms with van der Waals surface area (Å²) in [6.07, 6.45) is 1.35. The molecule has 0 spiro atoms. The number of benzene rings is 2. The lowest BCUT2D eigenvalue weighted by atomic mass is 10.1. The molecule has 1 N–H and O–H groups in total. The highest BCUT2D eigenvalue weighted by atomic mass is 35.5. The fourth-order valence-electron chi connectivity index (χ4n) is 3.10. The van der Waals surface area contributed by atoms with E-state index in [-0.39, 0.29) is 24.1 Å². The van der Waals surface area contributed by atoms with E-state index in [1.165, 1.54) is 10.9 Å². The molecule has 142 valence electrons. The van der Waals surface area contributed by atoms with Crippen LogP contribution in [0.5, 0.6) is 0 Å². The van der Waals surface area contributed by atoms with Crippen molar-refractivity contribution in [3.63, 3.8) is 0 Å². The van der Waals surface area contributed by atoms with E-state index in [0.717, 1.165) is 10.9 Å². The second kappa shape index (κ2) is 7.30. The summed E-state index contributed by atoms with van der Waals surface area (Å²) >= 11 is 12.1. The molecule has 1 amide bonds. The molecule has 28 heavy (non-hydrogen) atoms. The van der Waals surface area contributed by atoms with Crippen molar-refractivity contribution in [1.82, 2.24) is 14.9 Å². The number of hydrogen-bond acceptors (Lipinski definition) is 4. The minimum absolute atomic E-state index is 0.130. The molecule has 4 aromatic rings. The van der Waals surface area contributed by atoms with Crippen LogP contribution in [-0.2, 0) is 11.3 Å². The van der Waals surface area contributed by atoms with E-state index in [0.29, 0.717) is 21.1 Å². The number of carbonyl (C=O) groups is 1. The van der Waals surface area contributed by atoms with E-state index in [2.05, 4.69) is 10.3 Å². The Kier molecular flexibility index (Phi) is 4.83. The van der Waals surface area contributed by atoms with Crippen LogP contribution in [0.15, 0.2) is 58.0 Å². The van der Waals surface area contributed by atoms with Gasteiger partial charge in [0.25, 0.3) is 5.56 Å². The number of rotatable bonds is 4. The van der Waals surface area contributed by atoms with Crippen LogP contribution in [0.25, 0.3) is 22.1 Å². The lowest BCUT2D eigenvalue weighted by Gasteiger charge is -2.16. The average Bonchev–Trinajstić information content (AvgIpc) is 3.03. The lowest BCUT2D eigenvalue weighted by Crippen LogP contribution is -2.34. The summed E-state index contributed by atoms with van der Waals surface area (Å²) in [5.74, 6) is -0.349. The molecule has 0 aliphatic rings. The zero-order chi connectivity index (χ0) is 19.8. The van der Waals surface area contributed by atoms with Crippen molar-refractivity contribution < 1.29 is 9.21 Å². The predicted octanol–water partition coefficient (Wildman–Crippen LogP) is 4.33. The van der Waals surface area contributed by atoms with Crippen LogP contribution in [0.3, 0.4) is 0 Å². The molecule has 0 aliphatic heterocycles. The molecule has 6 nitrogen and oxygen atoms in total. The molecule has 0 radical (unpaired) electrons. The Balaban J connectivity index is 1.57. The van der Waals surface area contributed by atoms with Gasteiger partial charge in [0.2, 0.25) is 11.5 Å². The largest absolute Gasteiger partial charge is 0.448 e. The van der Waals surface area contributed by atoms with Crippen molar-refractivity contribution >= 4 is 51.2 Å². The number of hydrogen-bond donors (Lipinski definition) is 1. The summed E-state index contributed by atoms with van der Waals surface area (Å²) in [5, 5.41) is 4.56. The lowest BCUT2D eigenvalue weighted by molar-refractivity contribution is -0.122. The number of nitrogens with zero attached hydrogens (tertiary/aromatic N) is 2. The monoisotopic (exact) mass is 415 g/mol. The minimum Gasteiger partial charge on any atom is -0.448 e. The van der Waals surface area contributed by atoms with Gasteiger partial charge < -0.3 is 9.73 Å². The molecular formula is C20H15Cl2N3O3. The molecule has 2 aromatic heterocycles. The second-order valence-electron chi connectivity index (χ2n) is 6.41. The van der Waals surface area contributed by atoms with E-state index in [4.69, 9.17) is 27.6 Å². The van der Waals surface area contributed by atoms with Gasteiger partial charge in [-0.25, -0.2) is 4.98 Å². The maximum absolute atomic E-state index is 12.7. The first kappa shape index (κ1) is 18.5. The third-order valence-electron chi connectivity index (χ3n) is 4.47. The van der Waals surface area contributed by atoms with Gasteiger partial charge in [0, 0.05) is 15.4 Å². The quantitative estimate of drug-likeness (QED) is 0.538. The van der Waals surface area contributed by atoms with Crippen LogP contribution in [0, 0.1) is 0 Å². The van der Waals surface area contributed by atoms with Crippen LogP contribution in [0.4, 0.5) is 0 Å². The van der Waals surface area contributed by atoms with Gasteiger partial charge in [-0.1, -0.05) is 41.4 Å². The molecule has 0 fully saturated rings. The highest BCUT2D eigenvalue weighted by molar-refractivity contribution is 6.35. The number of nitrogens with one attached hydrogen (secondary N) is 1. The molecule has 2 heterocycles. The summed E-state index contributed by atoms with van der Waals surface area (Å²) < 4.78 is 6.84. The number of aromatic nitrogens is 2. The van der Waals surface area contributed by atoms with Crippen molar-refractivity contribution in [2.24, 2.45) is 0 Å². The van der Waals surface area contributed by atoms with E-state index in [1.54, 1.807) is 31.2 Å². The normalized spacial score (nSPS) is 12.4. The van der Waals surface area contributed by atoms with E-state index >= 15 is 0 Å². The Bertz CT molecular complexity index is 1260. The highest BCUT2D eigenvalue weighted by Crippen LogP contribution is 2.26.